The average molecular weight is 493 g/mol. The first-order valence-corrected chi connectivity index (χ1v) is 13.6. The largest absolute Gasteiger partial charge is 0.462 e. The molecular formula is C25H36N2O4S2. The van der Waals surface area contributed by atoms with Gasteiger partial charge in [0.15, 0.2) is 5.11 Å². The van der Waals surface area contributed by atoms with Gasteiger partial charge in [-0.3, -0.25) is 0 Å². The van der Waals surface area contributed by atoms with Gasteiger partial charge in [0.2, 0.25) is 0 Å². The van der Waals surface area contributed by atoms with Gasteiger partial charge in [-0.2, -0.15) is 0 Å². The zero-order valence-electron chi connectivity index (χ0n) is 20.1. The minimum absolute atomic E-state index is 0.259. The van der Waals surface area contributed by atoms with Crippen molar-refractivity contribution in [3.8, 4) is 0 Å². The van der Waals surface area contributed by atoms with Crippen molar-refractivity contribution in [3.63, 3.8) is 0 Å². The Balaban J connectivity index is 1.53. The highest BCUT2D eigenvalue weighted by Gasteiger charge is 2.53. The molecule has 1 atom stereocenters. The fraction of sp³-hybridized carbons (Fsp3) is 0.720. The Labute approximate surface area is 206 Å². The average Bonchev–Trinajstić information content (AvgIpc) is 3.07. The lowest BCUT2D eigenvalue weighted by atomic mass is 9.47. The molecule has 0 aliphatic heterocycles. The lowest BCUT2D eigenvalue weighted by Gasteiger charge is -2.59. The van der Waals surface area contributed by atoms with Crippen LogP contribution < -0.4 is 10.6 Å². The molecule has 0 saturated heterocycles. The number of hydrogen-bond acceptors (Lipinski definition) is 6. The van der Waals surface area contributed by atoms with Crippen LogP contribution in [0.25, 0.3) is 0 Å². The molecule has 4 fully saturated rings. The molecule has 0 amide bonds. The van der Waals surface area contributed by atoms with E-state index in [1.807, 2.05) is 0 Å². The minimum Gasteiger partial charge on any atom is -0.462 e. The summed E-state index contributed by atoms with van der Waals surface area (Å²) in [6.45, 7) is 8.05. The molecule has 182 valence electrons. The number of rotatable bonds is 8. The van der Waals surface area contributed by atoms with Gasteiger partial charge < -0.3 is 20.1 Å². The molecule has 1 unspecified atom stereocenters. The lowest BCUT2D eigenvalue weighted by Crippen LogP contribution is -2.57. The third kappa shape index (κ3) is 4.78. The smallest absolute Gasteiger partial charge is 0.348 e. The molecule has 1 heterocycles. The Morgan fingerprint density at radius 2 is 1.58 bits per heavy atom. The van der Waals surface area contributed by atoms with E-state index in [2.05, 4.69) is 17.6 Å². The molecule has 2 N–H and O–H groups in total. The van der Waals surface area contributed by atoms with Crippen molar-refractivity contribution in [1.29, 1.82) is 0 Å². The first-order chi connectivity index (χ1) is 15.8. The number of carbonyl (C=O) groups excluding carboxylic acids is 2. The van der Waals surface area contributed by atoms with Crippen LogP contribution in [0.1, 0.15) is 91.3 Å². The van der Waals surface area contributed by atoms with Crippen LogP contribution in [0.15, 0.2) is 0 Å². The number of ether oxygens (including phenoxy) is 2. The first kappa shape index (κ1) is 24.5. The quantitative estimate of drug-likeness (QED) is 0.356. The second-order valence-corrected chi connectivity index (χ2v) is 11.5. The minimum atomic E-state index is -0.458. The third-order valence-corrected chi connectivity index (χ3v) is 9.26. The first-order valence-electron chi connectivity index (χ1n) is 12.3. The highest BCUT2D eigenvalue weighted by molar-refractivity contribution is 7.80. The van der Waals surface area contributed by atoms with E-state index < -0.39 is 11.9 Å². The van der Waals surface area contributed by atoms with E-state index in [0.717, 1.165) is 24.2 Å². The summed E-state index contributed by atoms with van der Waals surface area (Å²) < 4.78 is 10.4. The highest BCUT2D eigenvalue weighted by Crippen LogP contribution is 2.61. The number of nitrogens with one attached hydrogen (secondary N) is 2. The Kier molecular flexibility index (Phi) is 7.34. The van der Waals surface area contributed by atoms with Crippen molar-refractivity contribution >= 4 is 45.6 Å². The number of thiophene rings is 1. The van der Waals surface area contributed by atoms with Crippen LogP contribution in [0.3, 0.4) is 0 Å². The molecule has 0 aromatic carbocycles. The predicted octanol–water partition coefficient (Wildman–Crippen LogP) is 5.69. The molecule has 0 spiro atoms. The molecular weight excluding hydrogens is 456 g/mol. The number of carbonyl (C=O) groups is 2. The van der Waals surface area contributed by atoms with Crippen molar-refractivity contribution in [3.05, 3.63) is 16.0 Å². The SMILES string of the molecule is CCOC(=O)c1sc(NC(=S)NC(CC)C23CC4CC(CC(C4)C2)C3)c(C(=O)OCC)c1C. The van der Waals surface area contributed by atoms with Crippen LogP contribution in [-0.2, 0) is 9.47 Å². The summed E-state index contributed by atoms with van der Waals surface area (Å²) in [5.41, 5.74) is 1.24. The van der Waals surface area contributed by atoms with E-state index in [0.29, 0.717) is 37.6 Å². The fourth-order valence-electron chi connectivity index (χ4n) is 7.03. The fourth-order valence-corrected chi connectivity index (χ4v) is 8.43. The van der Waals surface area contributed by atoms with Gasteiger partial charge in [-0.1, -0.05) is 6.92 Å². The van der Waals surface area contributed by atoms with Gasteiger partial charge in [0.05, 0.1) is 18.8 Å². The van der Waals surface area contributed by atoms with E-state index >= 15 is 0 Å². The van der Waals surface area contributed by atoms with Gasteiger partial charge in [-0.25, -0.2) is 9.59 Å². The normalized spacial score (nSPS) is 28.3. The molecule has 5 rings (SSSR count). The van der Waals surface area contributed by atoms with E-state index in [9.17, 15) is 9.59 Å². The van der Waals surface area contributed by atoms with Gasteiger partial charge in [-0.15, -0.1) is 11.3 Å². The maximum atomic E-state index is 12.7. The molecule has 4 aliphatic rings. The number of esters is 2. The van der Waals surface area contributed by atoms with E-state index in [1.54, 1.807) is 20.8 Å². The van der Waals surface area contributed by atoms with E-state index in [-0.39, 0.29) is 13.2 Å². The summed E-state index contributed by atoms with van der Waals surface area (Å²) in [5, 5.41) is 7.88. The van der Waals surface area contributed by atoms with Gasteiger partial charge in [0.25, 0.3) is 0 Å². The Bertz CT molecular complexity index is 890. The van der Waals surface area contributed by atoms with Crippen molar-refractivity contribution in [2.24, 2.45) is 23.2 Å². The molecule has 1 aromatic heterocycles. The van der Waals surface area contributed by atoms with Crippen molar-refractivity contribution in [1.82, 2.24) is 5.32 Å². The van der Waals surface area contributed by atoms with Crippen LogP contribution in [0.2, 0.25) is 0 Å². The number of thiocarbonyl (C=S) groups is 1. The molecule has 1 aromatic rings. The zero-order valence-corrected chi connectivity index (χ0v) is 21.8. The summed E-state index contributed by atoms with van der Waals surface area (Å²) in [6.07, 6.45) is 9.13. The lowest BCUT2D eigenvalue weighted by molar-refractivity contribution is -0.0710. The summed E-state index contributed by atoms with van der Waals surface area (Å²) in [6, 6.07) is 0.308. The van der Waals surface area contributed by atoms with Gasteiger partial charge in [-0.05, 0) is 107 Å². The van der Waals surface area contributed by atoms with Crippen LogP contribution in [0.4, 0.5) is 5.00 Å². The van der Waals surface area contributed by atoms with Crippen molar-refractivity contribution in [2.75, 3.05) is 18.5 Å². The zero-order chi connectivity index (χ0) is 23.8. The predicted molar refractivity (Wildman–Crippen MR) is 135 cm³/mol. The number of hydrogen-bond donors (Lipinski definition) is 2. The molecule has 33 heavy (non-hydrogen) atoms. The van der Waals surface area contributed by atoms with Gasteiger partial charge >= 0.3 is 11.9 Å². The molecule has 0 radical (unpaired) electrons. The maximum absolute atomic E-state index is 12.7. The molecule has 4 aliphatic carbocycles. The van der Waals surface area contributed by atoms with E-state index in [4.69, 9.17) is 21.7 Å². The molecule has 6 nitrogen and oxygen atoms in total. The Morgan fingerprint density at radius 3 is 2.09 bits per heavy atom. The maximum Gasteiger partial charge on any atom is 0.348 e. The topological polar surface area (TPSA) is 76.7 Å². The summed E-state index contributed by atoms with van der Waals surface area (Å²) >= 11 is 6.93. The molecule has 8 heteroatoms. The second-order valence-electron chi connectivity index (χ2n) is 10.0. The third-order valence-electron chi connectivity index (χ3n) is 7.85. The Morgan fingerprint density at radius 1 is 1.03 bits per heavy atom. The summed E-state index contributed by atoms with van der Waals surface area (Å²) in [7, 11) is 0. The summed E-state index contributed by atoms with van der Waals surface area (Å²) in [5.74, 6) is 1.72. The second kappa shape index (κ2) is 9.90. The molecule has 4 bridgehead atoms. The van der Waals surface area contributed by atoms with Crippen molar-refractivity contribution in [2.45, 2.75) is 78.7 Å². The Hall–Kier alpha value is -1.67. The molecule has 4 saturated carbocycles. The van der Waals surface area contributed by atoms with Crippen LogP contribution in [0.5, 0.6) is 0 Å². The number of anilines is 1. The monoisotopic (exact) mass is 492 g/mol. The van der Waals surface area contributed by atoms with Crippen LogP contribution in [-0.4, -0.2) is 36.3 Å². The summed E-state index contributed by atoms with van der Waals surface area (Å²) in [4.78, 5) is 25.5. The highest BCUT2D eigenvalue weighted by atomic mass is 32.1. The van der Waals surface area contributed by atoms with Crippen LogP contribution in [0, 0.1) is 30.1 Å². The van der Waals surface area contributed by atoms with Gasteiger partial charge in [0, 0.05) is 6.04 Å². The van der Waals surface area contributed by atoms with Crippen LogP contribution >= 0.6 is 23.6 Å². The van der Waals surface area contributed by atoms with Crippen molar-refractivity contribution < 1.29 is 19.1 Å². The standard InChI is InChI=1S/C25H36N2O4S2/c1-5-18(25-11-15-8-16(12-25)10-17(9-15)13-25)26-24(32)27-21-19(22(28)30-6-2)14(4)20(33-21)23(29)31-7-3/h15-18H,5-13H2,1-4H3,(H2,26,27,32). The van der Waals surface area contributed by atoms with Gasteiger partial charge in [0.1, 0.15) is 9.88 Å². The van der Waals surface area contributed by atoms with E-state index in [1.165, 1.54) is 49.9 Å².